The summed E-state index contributed by atoms with van der Waals surface area (Å²) >= 11 is 0. The fourth-order valence-electron chi connectivity index (χ4n) is 1.69. The summed E-state index contributed by atoms with van der Waals surface area (Å²) in [6, 6.07) is 3.40. The van der Waals surface area contributed by atoms with E-state index in [-0.39, 0.29) is 0 Å². The number of ether oxygens (including phenoxy) is 2. The first-order chi connectivity index (χ1) is 10.2. The summed E-state index contributed by atoms with van der Waals surface area (Å²) in [5.41, 5.74) is 0.531. The van der Waals surface area contributed by atoms with E-state index in [1.54, 1.807) is 18.3 Å². The van der Waals surface area contributed by atoms with Crippen molar-refractivity contribution in [3.63, 3.8) is 0 Å². The lowest BCUT2D eigenvalue weighted by Crippen LogP contribution is -2.22. The van der Waals surface area contributed by atoms with Crippen LogP contribution in [-0.4, -0.2) is 23.5 Å². The van der Waals surface area contributed by atoms with Crippen LogP contribution in [0.3, 0.4) is 0 Å². The Morgan fingerprint density at radius 3 is 2.62 bits per heavy atom. The van der Waals surface area contributed by atoms with Gasteiger partial charge >= 0.3 is 11.9 Å². The number of esters is 2. The van der Waals surface area contributed by atoms with Gasteiger partial charge in [0.15, 0.2) is 0 Å². The van der Waals surface area contributed by atoms with Gasteiger partial charge in [-0.3, -0.25) is 9.78 Å². The molecule has 1 rings (SSSR count). The van der Waals surface area contributed by atoms with Crippen molar-refractivity contribution < 1.29 is 19.1 Å². The molecule has 0 aromatic carbocycles. The highest BCUT2D eigenvalue weighted by Crippen LogP contribution is 2.19. The maximum Gasteiger partial charge on any atom is 0.352 e. The molecule has 21 heavy (non-hydrogen) atoms. The molecule has 0 saturated carbocycles. The molecule has 0 radical (unpaired) electrons. The van der Waals surface area contributed by atoms with Crippen LogP contribution in [-0.2, 0) is 19.1 Å². The van der Waals surface area contributed by atoms with Crippen LogP contribution in [0.25, 0.3) is 0 Å². The van der Waals surface area contributed by atoms with E-state index in [4.69, 9.17) is 9.47 Å². The van der Waals surface area contributed by atoms with Gasteiger partial charge in [0.25, 0.3) is 0 Å². The van der Waals surface area contributed by atoms with Gasteiger partial charge in [0.1, 0.15) is 0 Å². The molecule has 0 fully saturated rings. The number of hydrogen-bond donors (Lipinski definition) is 0. The van der Waals surface area contributed by atoms with E-state index in [2.05, 4.69) is 4.98 Å². The molecule has 0 N–H and O–H groups in total. The largest absolute Gasteiger partial charge is 0.463 e. The third kappa shape index (κ3) is 6.38. The number of carbonyl (C=O) groups is 2. The van der Waals surface area contributed by atoms with Crippen LogP contribution in [0.15, 0.2) is 24.5 Å². The van der Waals surface area contributed by atoms with Crippen LogP contribution < -0.4 is 0 Å². The van der Waals surface area contributed by atoms with Gasteiger partial charge in [-0.15, -0.1) is 0 Å². The first-order valence-electron chi connectivity index (χ1n) is 7.45. The SMILES string of the molecule is CCCCOC(=O)C(OC(=O)CCCC)c1cccnc1. The molecule has 0 aliphatic carbocycles. The molecular formula is C16H23NO4. The Kier molecular flexibility index (Phi) is 8.09. The molecule has 0 bridgehead atoms. The van der Waals surface area contributed by atoms with Crippen molar-refractivity contribution in [3.05, 3.63) is 30.1 Å². The molecule has 1 unspecified atom stereocenters. The molecular weight excluding hydrogens is 270 g/mol. The molecule has 0 aliphatic heterocycles. The minimum absolute atomic E-state index is 0.301. The van der Waals surface area contributed by atoms with E-state index in [0.717, 1.165) is 25.7 Å². The second-order valence-corrected chi connectivity index (χ2v) is 4.78. The van der Waals surface area contributed by atoms with Crippen molar-refractivity contribution >= 4 is 11.9 Å². The Morgan fingerprint density at radius 2 is 2.00 bits per heavy atom. The van der Waals surface area contributed by atoms with E-state index >= 15 is 0 Å². The summed E-state index contributed by atoms with van der Waals surface area (Å²) in [6.45, 7) is 4.33. The minimum atomic E-state index is -1.03. The summed E-state index contributed by atoms with van der Waals surface area (Å²) < 4.78 is 10.4. The van der Waals surface area contributed by atoms with Crippen LogP contribution in [0.5, 0.6) is 0 Å². The number of aromatic nitrogens is 1. The number of pyridine rings is 1. The van der Waals surface area contributed by atoms with E-state index < -0.39 is 18.0 Å². The Morgan fingerprint density at radius 1 is 1.24 bits per heavy atom. The molecule has 0 spiro atoms. The zero-order valence-corrected chi connectivity index (χ0v) is 12.7. The van der Waals surface area contributed by atoms with Crippen molar-refractivity contribution in [2.45, 2.75) is 52.1 Å². The van der Waals surface area contributed by atoms with Crippen LogP contribution in [0.1, 0.15) is 57.6 Å². The molecule has 5 nitrogen and oxygen atoms in total. The van der Waals surface area contributed by atoms with E-state index in [9.17, 15) is 9.59 Å². The van der Waals surface area contributed by atoms with E-state index in [1.165, 1.54) is 6.20 Å². The predicted molar refractivity (Wildman–Crippen MR) is 78.5 cm³/mol. The Hall–Kier alpha value is -1.91. The number of carbonyl (C=O) groups excluding carboxylic acids is 2. The van der Waals surface area contributed by atoms with Gasteiger partial charge in [-0.1, -0.05) is 32.8 Å². The van der Waals surface area contributed by atoms with Crippen molar-refractivity contribution in [1.29, 1.82) is 0 Å². The maximum absolute atomic E-state index is 12.1. The summed E-state index contributed by atoms with van der Waals surface area (Å²) in [5, 5.41) is 0. The highest BCUT2D eigenvalue weighted by molar-refractivity contribution is 5.80. The smallest absolute Gasteiger partial charge is 0.352 e. The summed E-state index contributed by atoms with van der Waals surface area (Å²) in [4.78, 5) is 27.8. The van der Waals surface area contributed by atoms with Crippen LogP contribution >= 0.6 is 0 Å². The third-order valence-corrected chi connectivity index (χ3v) is 2.93. The Labute approximate surface area is 125 Å². The quantitative estimate of drug-likeness (QED) is 0.516. The van der Waals surface area contributed by atoms with Gasteiger partial charge in [0, 0.05) is 24.4 Å². The van der Waals surface area contributed by atoms with E-state index in [1.807, 2.05) is 13.8 Å². The molecule has 1 atom stereocenters. The van der Waals surface area contributed by atoms with Gasteiger partial charge in [-0.2, -0.15) is 0 Å². The number of nitrogens with zero attached hydrogens (tertiary/aromatic N) is 1. The molecule has 116 valence electrons. The van der Waals surface area contributed by atoms with Gasteiger partial charge < -0.3 is 9.47 Å². The highest BCUT2D eigenvalue weighted by atomic mass is 16.6. The standard InChI is InChI=1S/C16H23NO4/c1-3-5-9-14(18)21-15(13-8-7-10-17-12-13)16(19)20-11-6-4-2/h7-8,10,12,15H,3-6,9,11H2,1-2H3. The number of rotatable bonds is 9. The predicted octanol–water partition coefficient (Wildman–Crippen LogP) is 3.20. The normalized spacial score (nSPS) is 11.7. The molecule has 5 heteroatoms. The topological polar surface area (TPSA) is 65.5 Å². The Bertz CT molecular complexity index is 433. The molecule has 1 aromatic heterocycles. The average molecular weight is 293 g/mol. The zero-order valence-electron chi connectivity index (χ0n) is 12.7. The lowest BCUT2D eigenvalue weighted by molar-refractivity contribution is -0.168. The third-order valence-electron chi connectivity index (χ3n) is 2.93. The van der Waals surface area contributed by atoms with Crippen LogP contribution in [0, 0.1) is 0 Å². The average Bonchev–Trinajstić information content (AvgIpc) is 2.51. The summed E-state index contributed by atoms with van der Waals surface area (Å²) in [5.74, 6) is -0.931. The molecule has 0 amide bonds. The molecule has 0 saturated heterocycles. The van der Waals surface area contributed by atoms with Gasteiger partial charge in [-0.05, 0) is 18.9 Å². The molecule has 1 aromatic rings. The van der Waals surface area contributed by atoms with Gasteiger partial charge in [0.2, 0.25) is 6.10 Å². The summed E-state index contributed by atoms with van der Waals surface area (Å²) in [7, 11) is 0. The lowest BCUT2D eigenvalue weighted by atomic mass is 10.1. The van der Waals surface area contributed by atoms with Gasteiger partial charge in [0.05, 0.1) is 6.61 Å². The highest BCUT2D eigenvalue weighted by Gasteiger charge is 2.26. The fraction of sp³-hybridized carbons (Fsp3) is 0.562. The molecule has 0 aliphatic rings. The second kappa shape index (κ2) is 9.91. The number of unbranched alkanes of at least 4 members (excludes halogenated alkanes) is 2. The minimum Gasteiger partial charge on any atom is -0.463 e. The fourth-order valence-corrected chi connectivity index (χ4v) is 1.69. The number of hydrogen-bond acceptors (Lipinski definition) is 5. The Balaban J connectivity index is 2.70. The second-order valence-electron chi connectivity index (χ2n) is 4.78. The maximum atomic E-state index is 12.1. The van der Waals surface area contributed by atoms with E-state index in [0.29, 0.717) is 18.6 Å². The van der Waals surface area contributed by atoms with Crippen LogP contribution in [0.4, 0.5) is 0 Å². The first-order valence-corrected chi connectivity index (χ1v) is 7.45. The van der Waals surface area contributed by atoms with Gasteiger partial charge in [-0.25, -0.2) is 4.79 Å². The van der Waals surface area contributed by atoms with Crippen molar-refractivity contribution in [1.82, 2.24) is 4.98 Å². The monoisotopic (exact) mass is 293 g/mol. The van der Waals surface area contributed by atoms with Crippen molar-refractivity contribution in [2.75, 3.05) is 6.61 Å². The molecule has 1 heterocycles. The first kappa shape index (κ1) is 17.1. The summed E-state index contributed by atoms with van der Waals surface area (Å²) in [6.07, 6.45) is 5.74. The van der Waals surface area contributed by atoms with Crippen molar-refractivity contribution in [2.24, 2.45) is 0 Å². The zero-order chi connectivity index (χ0) is 15.5. The van der Waals surface area contributed by atoms with Crippen molar-refractivity contribution in [3.8, 4) is 0 Å². The van der Waals surface area contributed by atoms with Crippen LogP contribution in [0.2, 0.25) is 0 Å². The lowest BCUT2D eigenvalue weighted by Gasteiger charge is -2.16.